The molecule has 3 aliphatic rings. The molecule has 1 aromatic rings. The zero-order valence-corrected chi connectivity index (χ0v) is 15.3. The van der Waals surface area contributed by atoms with Crippen LogP contribution in [0.15, 0.2) is 18.2 Å². The van der Waals surface area contributed by atoms with E-state index in [1.165, 1.54) is 19.2 Å². The summed E-state index contributed by atoms with van der Waals surface area (Å²) in [5, 5.41) is 8.95. The summed E-state index contributed by atoms with van der Waals surface area (Å²) in [5.41, 5.74) is -3.92. The maximum Gasteiger partial charge on any atom is 0.417 e. The molecule has 148 valence electrons. The molecule has 28 heavy (non-hydrogen) atoms. The van der Waals surface area contributed by atoms with Gasteiger partial charge in [-0.05, 0) is 32.0 Å². The molecule has 0 radical (unpaired) electrons. The SMILES string of the molecule is COC1CC2(C)OC1(C)C1C(=O)N(c3ccc(C#N)c(C(F)(F)F)c3)C(=O)C12. The van der Waals surface area contributed by atoms with E-state index in [9.17, 15) is 22.8 Å². The number of hydrogen-bond donors (Lipinski definition) is 0. The van der Waals surface area contributed by atoms with Crippen molar-refractivity contribution >= 4 is 17.5 Å². The number of hydrogen-bond acceptors (Lipinski definition) is 5. The van der Waals surface area contributed by atoms with Crippen LogP contribution < -0.4 is 4.90 Å². The van der Waals surface area contributed by atoms with Gasteiger partial charge in [-0.3, -0.25) is 9.59 Å². The molecule has 3 fully saturated rings. The van der Waals surface area contributed by atoms with Crippen LogP contribution in [0.3, 0.4) is 0 Å². The van der Waals surface area contributed by atoms with E-state index < -0.39 is 58.3 Å². The monoisotopic (exact) mass is 394 g/mol. The van der Waals surface area contributed by atoms with Crippen LogP contribution in [-0.4, -0.2) is 36.2 Å². The van der Waals surface area contributed by atoms with Crippen LogP contribution in [0.1, 0.15) is 31.4 Å². The Morgan fingerprint density at radius 1 is 1.25 bits per heavy atom. The molecule has 0 aromatic heterocycles. The van der Waals surface area contributed by atoms with E-state index in [1.54, 1.807) is 13.8 Å². The van der Waals surface area contributed by atoms with Gasteiger partial charge in [-0.15, -0.1) is 0 Å². The Labute approximate surface area is 158 Å². The molecule has 3 aliphatic heterocycles. The Morgan fingerprint density at radius 2 is 1.89 bits per heavy atom. The number of rotatable bonds is 2. The third kappa shape index (κ3) is 2.22. The highest BCUT2D eigenvalue weighted by atomic mass is 19.4. The van der Waals surface area contributed by atoms with Gasteiger partial charge < -0.3 is 9.47 Å². The van der Waals surface area contributed by atoms with Gasteiger partial charge in [0.1, 0.15) is 5.60 Å². The molecule has 5 unspecified atom stereocenters. The number of benzene rings is 1. The topological polar surface area (TPSA) is 79.6 Å². The molecule has 3 saturated heterocycles. The van der Waals surface area contributed by atoms with E-state index in [-0.39, 0.29) is 5.69 Å². The molecule has 0 saturated carbocycles. The summed E-state index contributed by atoms with van der Waals surface area (Å²) in [7, 11) is 1.49. The molecule has 0 spiro atoms. The lowest BCUT2D eigenvalue weighted by atomic mass is 9.67. The van der Waals surface area contributed by atoms with Crippen LogP contribution >= 0.6 is 0 Å². The Bertz CT molecular complexity index is 940. The summed E-state index contributed by atoms with van der Waals surface area (Å²) >= 11 is 0. The number of ether oxygens (including phenoxy) is 2. The Kier molecular flexibility index (Phi) is 3.75. The van der Waals surface area contributed by atoms with Crippen LogP contribution in [0.2, 0.25) is 0 Å². The van der Waals surface area contributed by atoms with Crippen molar-refractivity contribution in [3.05, 3.63) is 29.3 Å². The zero-order valence-electron chi connectivity index (χ0n) is 15.3. The Hall–Kier alpha value is -2.44. The number of nitrogens with zero attached hydrogens (tertiary/aromatic N) is 2. The fourth-order valence-electron chi connectivity index (χ4n) is 5.07. The molecular weight excluding hydrogens is 377 g/mol. The molecule has 2 bridgehead atoms. The van der Waals surface area contributed by atoms with Crippen LogP contribution in [0.25, 0.3) is 0 Å². The molecule has 3 heterocycles. The minimum atomic E-state index is -4.79. The fraction of sp³-hybridized carbons (Fsp3) is 0.526. The minimum absolute atomic E-state index is 0.198. The van der Waals surface area contributed by atoms with Crippen LogP contribution in [-0.2, 0) is 25.2 Å². The predicted molar refractivity (Wildman–Crippen MR) is 88.9 cm³/mol. The van der Waals surface area contributed by atoms with Crippen molar-refractivity contribution in [3.63, 3.8) is 0 Å². The lowest BCUT2D eigenvalue weighted by Crippen LogP contribution is -2.49. The summed E-state index contributed by atoms with van der Waals surface area (Å²) in [6, 6.07) is 4.32. The van der Waals surface area contributed by atoms with Crippen LogP contribution in [0.4, 0.5) is 18.9 Å². The zero-order chi connectivity index (χ0) is 20.6. The number of nitriles is 1. The molecule has 0 aliphatic carbocycles. The fourth-order valence-corrected chi connectivity index (χ4v) is 5.07. The third-order valence-electron chi connectivity index (χ3n) is 6.24. The van der Waals surface area contributed by atoms with Gasteiger partial charge in [0.25, 0.3) is 0 Å². The first-order valence-corrected chi connectivity index (χ1v) is 8.70. The van der Waals surface area contributed by atoms with Gasteiger partial charge in [0, 0.05) is 13.5 Å². The quantitative estimate of drug-likeness (QED) is 0.721. The van der Waals surface area contributed by atoms with E-state index in [2.05, 4.69) is 0 Å². The Balaban J connectivity index is 1.80. The van der Waals surface area contributed by atoms with E-state index in [4.69, 9.17) is 14.7 Å². The van der Waals surface area contributed by atoms with Crippen molar-refractivity contribution in [1.82, 2.24) is 0 Å². The second kappa shape index (κ2) is 5.55. The molecule has 4 rings (SSSR count). The van der Waals surface area contributed by atoms with Crippen molar-refractivity contribution in [2.45, 2.75) is 43.8 Å². The van der Waals surface area contributed by atoms with Gasteiger partial charge >= 0.3 is 6.18 Å². The second-order valence-electron chi connectivity index (χ2n) is 7.83. The summed E-state index contributed by atoms with van der Waals surface area (Å²) in [5.74, 6) is -2.83. The predicted octanol–water partition coefficient (Wildman–Crippen LogP) is 2.65. The van der Waals surface area contributed by atoms with E-state index in [1.807, 2.05) is 0 Å². The summed E-state index contributed by atoms with van der Waals surface area (Å²) in [6.07, 6.45) is -4.78. The Morgan fingerprint density at radius 3 is 2.46 bits per heavy atom. The number of halogens is 3. The van der Waals surface area contributed by atoms with Crippen LogP contribution in [0, 0.1) is 23.2 Å². The van der Waals surface area contributed by atoms with Crippen LogP contribution in [0.5, 0.6) is 0 Å². The van der Waals surface area contributed by atoms with Gasteiger partial charge in [0.2, 0.25) is 11.8 Å². The van der Waals surface area contributed by atoms with E-state index >= 15 is 0 Å². The third-order valence-corrected chi connectivity index (χ3v) is 6.24. The van der Waals surface area contributed by atoms with Crippen molar-refractivity contribution in [2.75, 3.05) is 12.0 Å². The maximum absolute atomic E-state index is 13.3. The number of fused-ring (bicyclic) bond motifs is 5. The number of methoxy groups -OCH3 is 1. The van der Waals surface area contributed by atoms with Crippen molar-refractivity contribution in [3.8, 4) is 6.07 Å². The number of imide groups is 1. The second-order valence-corrected chi connectivity index (χ2v) is 7.83. The summed E-state index contributed by atoms with van der Waals surface area (Å²) in [4.78, 5) is 27.0. The molecule has 1 aromatic carbocycles. The van der Waals surface area contributed by atoms with Crippen molar-refractivity contribution < 1.29 is 32.2 Å². The standard InChI is InChI=1S/C19H17F3N2O4/c1-17-7-12(27-3)18(2,28-17)14-13(17)15(25)24(16(14)26)10-5-4-9(8-23)11(6-10)19(20,21)22/h4-6,12-14H,7H2,1-3H3. The number of anilines is 1. The van der Waals surface area contributed by atoms with Gasteiger partial charge in [0.05, 0.1) is 46.4 Å². The van der Waals surface area contributed by atoms with Crippen molar-refractivity contribution in [2.24, 2.45) is 11.8 Å². The lowest BCUT2D eigenvalue weighted by Gasteiger charge is -2.34. The van der Waals surface area contributed by atoms with Gasteiger partial charge in [-0.25, -0.2) is 4.90 Å². The molecule has 9 heteroatoms. The number of carbonyl (C=O) groups excluding carboxylic acids is 2. The van der Waals surface area contributed by atoms with Gasteiger partial charge in [-0.1, -0.05) is 0 Å². The highest BCUT2D eigenvalue weighted by molar-refractivity contribution is 6.23. The summed E-state index contributed by atoms with van der Waals surface area (Å²) < 4.78 is 51.4. The lowest BCUT2D eigenvalue weighted by molar-refractivity contribution is -0.138. The normalized spacial score (nSPS) is 36.8. The number of amides is 2. The first kappa shape index (κ1) is 18.9. The highest BCUT2D eigenvalue weighted by Gasteiger charge is 2.76. The first-order chi connectivity index (χ1) is 13.0. The number of alkyl halides is 3. The number of carbonyl (C=O) groups is 2. The maximum atomic E-state index is 13.3. The van der Waals surface area contributed by atoms with E-state index in [0.29, 0.717) is 12.5 Å². The molecule has 6 nitrogen and oxygen atoms in total. The molecular formula is C19H17F3N2O4. The van der Waals surface area contributed by atoms with Gasteiger partial charge in [-0.2, -0.15) is 18.4 Å². The average molecular weight is 394 g/mol. The summed E-state index contributed by atoms with van der Waals surface area (Å²) in [6.45, 7) is 3.43. The van der Waals surface area contributed by atoms with E-state index in [0.717, 1.165) is 11.0 Å². The molecule has 2 amide bonds. The first-order valence-electron chi connectivity index (χ1n) is 8.70. The van der Waals surface area contributed by atoms with Crippen molar-refractivity contribution in [1.29, 1.82) is 5.26 Å². The molecule has 5 atom stereocenters. The largest absolute Gasteiger partial charge is 0.417 e. The average Bonchev–Trinajstić information content (AvgIpc) is 3.14. The smallest absolute Gasteiger partial charge is 0.378 e. The van der Waals surface area contributed by atoms with Gasteiger partial charge in [0.15, 0.2) is 0 Å². The minimum Gasteiger partial charge on any atom is -0.378 e. The highest BCUT2D eigenvalue weighted by Crippen LogP contribution is 2.61. The molecule has 0 N–H and O–H groups in total.